The van der Waals surface area contributed by atoms with Crippen LogP contribution in [0.15, 0.2) is 24.5 Å². The van der Waals surface area contributed by atoms with Crippen LogP contribution in [0.1, 0.15) is 55.3 Å². The molecule has 0 bridgehead atoms. The van der Waals surface area contributed by atoms with Gasteiger partial charge in [0.25, 0.3) is 5.91 Å². The van der Waals surface area contributed by atoms with Gasteiger partial charge in [0.2, 0.25) is 0 Å². The molecule has 2 aromatic heterocycles. The summed E-state index contributed by atoms with van der Waals surface area (Å²) in [6.45, 7) is 7.17. The van der Waals surface area contributed by atoms with Gasteiger partial charge in [0, 0.05) is 6.07 Å². The number of nitrogens with one attached hydrogen (secondary N) is 2. The van der Waals surface area contributed by atoms with E-state index in [1.807, 2.05) is 0 Å². The Kier molecular flexibility index (Phi) is 6.79. The molecule has 0 aliphatic heterocycles. The van der Waals surface area contributed by atoms with Crippen molar-refractivity contribution in [3.8, 4) is 5.75 Å². The van der Waals surface area contributed by atoms with Crippen molar-refractivity contribution in [3.63, 3.8) is 0 Å². The number of nitrogens with zero attached hydrogens (tertiary/aromatic N) is 2. The molecule has 3 aromatic rings. The predicted molar refractivity (Wildman–Crippen MR) is 132 cm³/mol. The third-order valence-electron chi connectivity index (χ3n) is 5.58. The number of benzene rings is 1. The summed E-state index contributed by atoms with van der Waals surface area (Å²) in [5.41, 5.74) is 6.04. The zero-order valence-corrected chi connectivity index (χ0v) is 20.8. The van der Waals surface area contributed by atoms with Crippen molar-refractivity contribution >= 4 is 45.1 Å². The maximum Gasteiger partial charge on any atom is 0.408 e. The maximum absolute atomic E-state index is 14.2. The predicted octanol–water partition coefficient (Wildman–Crippen LogP) is 4.81. The molecule has 2 unspecified atom stereocenters. The van der Waals surface area contributed by atoms with Gasteiger partial charge >= 0.3 is 6.09 Å². The van der Waals surface area contributed by atoms with Gasteiger partial charge in [0.05, 0.1) is 22.0 Å². The Bertz CT molecular complexity index is 1270. The van der Waals surface area contributed by atoms with Crippen LogP contribution in [0.3, 0.4) is 0 Å². The summed E-state index contributed by atoms with van der Waals surface area (Å²) >= 11 is 1.19. The van der Waals surface area contributed by atoms with Gasteiger partial charge in [-0.2, -0.15) is 0 Å². The molecule has 0 radical (unpaired) electrons. The number of fused-ring (bicyclic) bond motifs is 1. The van der Waals surface area contributed by atoms with Crippen LogP contribution in [0.25, 0.3) is 10.2 Å². The third kappa shape index (κ3) is 5.61. The van der Waals surface area contributed by atoms with Crippen LogP contribution in [0, 0.1) is 12.7 Å². The van der Waals surface area contributed by atoms with Crippen LogP contribution >= 0.6 is 11.3 Å². The molecule has 2 atom stereocenters. The molecule has 186 valence electrons. The lowest BCUT2D eigenvalue weighted by Crippen LogP contribution is -2.44. The fourth-order valence-corrected chi connectivity index (χ4v) is 5.08. The van der Waals surface area contributed by atoms with E-state index in [0.29, 0.717) is 38.6 Å². The molecule has 11 heteroatoms. The minimum Gasteiger partial charge on any atom is -0.486 e. The van der Waals surface area contributed by atoms with Crippen molar-refractivity contribution in [1.29, 1.82) is 0 Å². The Morgan fingerprint density at radius 2 is 2.00 bits per heavy atom. The van der Waals surface area contributed by atoms with E-state index in [0.717, 1.165) is 12.8 Å². The normalized spacial score (nSPS) is 17.9. The summed E-state index contributed by atoms with van der Waals surface area (Å²) in [6, 6.07) is 3.89. The number of nitrogens with two attached hydrogens (primary N) is 1. The van der Waals surface area contributed by atoms with Gasteiger partial charge in [-0.15, -0.1) is 11.3 Å². The first-order chi connectivity index (χ1) is 16.5. The van der Waals surface area contributed by atoms with Crippen LogP contribution in [0.2, 0.25) is 0 Å². The number of amides is 2. The number of alkyl carbamates (subject to hydrolysis) is 1. The second-order valence-corrected chi connectivity index (χ2v) is 10.4. The summed E-state index contributed by atoms with van der Waals surface area (Å²) < 4.78 is 25.8. The van der Waals surface area contributed by atoms with E-state index < -0.39 is 23.4 Å². The lowest BCUT2D eigenvalue weighted by atomic mass is 10.2. The fourth-order valence-electron chi connectivity index (χ4n) is 4.08. The van der Waals surface area contributed by atoms with Crippen LogP contribution in [-0.2, 0) is 4.74 Å². The molecule has 1 aromatic carbocycles. The first kappa shape index (κ1) is 24.6. The highest BCUT2D eigenvalue weighted by atomic mass is 32.1. The number of carbonyl (C=O) groups excluding carboxylic acids is 2. The van der Waals surface area contributed by atoms with Gasteiger partial charge in [-0.3, -0.25) is 4.79 Å². The van der Waals surface area contributed by atoms with Gasteiger partial charge in [-0.05, 0) is 64.7 Å². The van der Waals surface area contributed by atoms with Gasteiger partial charge in [0.1, 0.15) is 40.2 Å². The minimum absolute atomic E-state index is 0.274. The summed E-state index contributed by atoms with van der Waals surface area (Å²) in [6.07, 6.45) is 2.77. The second kappa shape index (κ2) is 9.65. The number of thiophene rings is 1. The summed E-state index contributed by atoms with van der Waals surface area (Å²) in [4.78, 5) is 33.7. The van der Waals surface area contributed by atoms with E-state index in [4.69, 9.17) is 15.2 Å². The van der Waals surface area contributed by atoms with E-state index in [2.05, 4.69) is 20.6 Å². The molecule has 1 aliphatic rings. The number of rotatable bonds is 6. The standard InChI is InChI=1S/C24H28FN5O4S/c1-12-18-21(27-11-28-22(18)35-19(12)20(26)31)29-15-9-8-13(25)10-17(15)33-16-7-5-6-14(16)30-23(32)34-24(2,3)4/h8-11,14,16H,5-7H2,1-4H3,(H2,26,31)(H,30,32)(H,27,28,29). The Hall–Kier alpha value is -3.47. The number of hydrogen-bond acceptors (Lipinski definition) is 8. The highest BCUT2D eigenvalue weighted by molar-refractivity contribution is 7.20. The highest BCUT2D eigenvalue weighted by Crippen LogP contribution is 2.37. The molecule has 1 aliphatic carbocycles. The smallest absolute Gasteiger partial charge is 0.408 e. The molecule has 4 rings (SSSR count). The lowest BCUT2D eigenvalue weighted by molar-refractivity contribution is 0.0464. The Labute approximate surface area is 206 Å². The fraction of sp³-hybridized carbons (Fsp3) is 0.417. The summed E-state index contributed by atoms with van der Waals surface area (Å²) in [5, 5.41) is 6.73. The second-order valence-electron chi connectivity index (χ2n) is 9.43. The lowest BCUT2D eigenvalue weighted by Gasteiger charge is -2.26. The molecular weight excluding hydrogens is 473 g/mol. The number of primary amides is 1. The monoisotopic (exact) mass is 501 g/mol. The molecule has 2 amide bonds. The number of ether oxygens (including phenoxy) is 2. The summed E-state index contributed by atoms with van der Waals surface area (Å²) in [5.74, 6) is -0.270. The van der Waals surface area contributed by atoms with Crippen molar-refractivity contribution < 1.29 is 23.5 Å². The number of carbonyl (C=O) groups is 2. The number of aromatic nitrogens is 2. The van der Waals surface area contributed by atoms with Crippen molar-refractivity contribution in [2.45, 2.75) is 64.7 Å². The van der Waals surface area contributed by atoms with Gasteiger partial charge in [-0.1, -0.05) is 0 Å². The van der Waals surface area contributed by atoms with Gasteiger partial charge in [0.15, 0.2) is 0 Å². The molecular formula is C24H28FN5O4S. The molecule has 2 heterocycles. The first-order valence-electron chi connectivity index (χ1n) is 11.3. The molecule has 1 saturated carbocycles. The van der Waals surface area contributed by atoms with Crippen molar-refractivity contribution in [2.75, 3.05) is 5.32 Å². The first-order valence-corrected chi connectivity index (χ1v) is 12.1. The van der Waals surface area contributed by atoms with E-state index in [1.165, 1.54) is 29.8 Å². The molecule has 4 N–H and O–H groups in total. The number of anilines is 2. The Morgan fingerprint density at radius 3 is 2.71 bits per heavy atom. The number of halogens is 1. The highest BCUT2D eigenvalue weighted by Gasteiger charge is 2.32. The van der Waals surface area contributed by atoms with Crippen molar-refractivity contribution in [3.05, 3.63) is 40.8 Å². The topological polar surface area (TPSA) is 128 Å². The van der Waals surface area contributed by atoms with Crippen LogP contribution in [0.4, 0.5) is 20.7 Å². The van der Waals surface area contributed by atoms with E-state index in [9.17, 15) is 14.0 Å². The molecule has 0 saturated heterocycles. The van der Waals surface area contributed by atoms with E-state index >= 15 is 0 Å². The van der Waals surface area contributed by atoms with Crippen LogP contribution < -0.4 is 21.1 Å². The minimum atomic E-state index is -0.615. The third-order valence-corrected chi connectivity index (χ3v) is 6.79. The van der Waals surface area contributed by atoms with Crippen molar-refractivity contribution in [1.82, 2.24) is 15.3 Å². The van der Waals surface area contributed by atoms with Crippen LogP contribution in [0.5, 0.6) is 5.75 Å². The quantitative estimate of drug-likeness (QED) is 0.442. The zero-order valence-electron chi connectivity index (χ0n) is 20.0. The van der Waals surface area contributed by atoms with Gasteiger partial charge < -0.3 is 25.8 Å². The zero-order chi connectivity index (χ0) is 25.3. The Morgan fingerprint density at radius 1 is 1.23 bits per heavy atom. The number of aryl methyl sites for hydroxylation is 1. The number of hydrogen-bond donors (Lipinski definition) is 3. The van der Waals surface area contributed by atoms with Crippen molar-refractivity contribution in [2.24, 2.45) is 5.73 Å². The average molecular weight is 502 g/mol. The molecule has 1 fully saturated rings. The van der Waals surface area contributed by atoms with Crippen LogP contribution in [-0.4, -0.2) is 39.7 Å². The SMILES string of the molecule is Cc1c(C(N)=O)sc2ncnc(Nc3ccc(F)cc3OC3CCCC3NC(=O)OC(C)(C)C)c12. The molecule has 9 nitrogen and oxygen atoms in total. The average Bonchev–Trinajstić information content (AvgIpc) is 3.33. The maximum atomic E-state index is 14.2. The van der Waals surface area contributed by atoms with E-state index in [1.54, 1.807) is 33.8 Å². The Balaban J connectivity index is 1.59. The van der Waals surface area contributed by atoms with E-state index in [-0.39, 0.29) is 17.9 Å². The molecule has 0 spiro atoms. The molecule has 35 heavy (non-hydrogen) atoms. The summed E-state index contributed by atoms with van der Waals surface area (Å²) in [7, 11) is 0. The largest absolute Gasteiger partial charge is 0.486 e. The van der Waals surface area contributed by atoms with Gasteiger partial charge in [-0.25, -0.2) is 19.2 Å².